The molecule has 0 bridgehead atoms. The molecule has 0 aliphatic carbocycles. The van der Waals surface area contributed by atoms with Crippen molar-refractivity contribution >= 4 is 11.9 Å². The highest BCUT2D eigenvalue weighted by Crippen LogP contribution is 2.33. The van der Waals surface area contributed by atoms with Gasteiger partial charge in [0.05, 0.1) is 25.3 Å². The SMILES string of the molecule is COC(=O)c1cn2c(c1C(=O)OC)Cc1ccccc1-2. The van der Waals surface area contributed by atoms with Crippen LogP contribution in [-0.2, 0) is 15.9 Å². The Hall–Kier alpha value is -2.56. The molecule has 0 atom stereocenters. The van der Waals surface area contributed by atoms with E-state index in [1.165, 1.54) is 14.2 Å². The van der Waals surface area contributed by atoms with Gasteiger partial charge in [-0.05, 0) is 11.6 Å². The summed E-state index contributed by atoms with van der Waals surface area (Å²) >= 11 is 0. The summed E-state index contributed by atoms with van der Waals surface area (Å²) in [7, 11) is 2.59. The van der Waals surface area contributed by atoms with Crippen LogP contribution in [0.2, 0.25) is 0 Å². The molecular weight excluding hydrogens is 258 g/mol. The summed E-state index contributed by atoms with van der Waals surface area (Å²) in [5.41, 5.74) is 3.38. The second-order valence-corrected chi connectivity index (χ2v) is 4.52. The Labute approximate surface area is 115 Å². The van der Waals surface area contributed by atoms with E-state index in [-0.39, 0.29) is 11.1 Å². The van der Waals surface area contributed by atoms with Crippen LogP contribution in [0.15, 0.2) is 30.5 Å². The quantitative estimate of drug-likeness (QED) is 0.668. The van der Waals surface area contributed by atoms with Crippen LogP contribution in [0.25, 0.3) is 5.69 Å². The van der Waals surface area contributed by atoms with Gasteiger partial charge in [-0.1, -0.05) is 18.2 Å². The van der Waals surface area contributed by atoms with Crippen LogP contribution < -0.4 is 0 Å². The zero-order valence-corrected chi connectivity index (χ0v) is 11.2. The first-order chi connectivity index (χ1) is 9.67. The van der Waals surface area contributed by atoms with Crippen molar-refractivity contribution in [2.24, 2.45) is 0 Å². The molecule has 0 saturated heterocycles. The maximum Gasteiger partial charge on any atom is 0.340 e. The molecule has 1 aliphatic rings. The fraction of sp³-hybridized carbons (Fsp3) is 0.200. The Morgan fingerprint density at radius 3 is 2.50 bits per heavy atom. The third-order valence-corrected chi connectivity index (χ3v) is 3.51. The Bertz CT molecular complexity index is 715. The fourth-order valence-corrected chi connectivity index (χ4v) is 2.61. The molecule has 0 unspecified atom stereocenters. The molecule has 0 spiro atoms. The number of fused-ring (bicyclic) bond motifs is 3. The predicted octanol–water partition coefficient (Wildman–Crippen LogP) is 1.95. The number of aromatic nitrogens is 1. The van der Waals surface area contributed by atoms with Gasteiger partial charge in [-0.15, -0.1) is 0 Å². The number of hydrogen-bond acceptors (Lipinski definition) is 4. The second-order valence-electron chi connectivity index (χ2n) is 4.52. The lowest BCUT2D eigenvalue weighted by molar-refractivity contribution is 0.0556. The first-order valence-electron chi connectivity index (χ1n) is 6.16. The predicted molar refractivity (Wildman–Crippen MR) is 71.3 cm³/mol. The standard InChI is InChI=1S/C15H13NO4/c1-19-14(17)10-8-16-11-6-4-3-5-9(11)7-12(16)13(10)15(18)20-2/h3-6,8H,7H2,1-2H3. The number of benzene rings is 1. The molecule has 2 aromatic rings. The fourth-order valence-electron chi connectivity index (χ4n) is 2.61. The second kappa shape index (κ2) is 4.52. The Kier molecular flexibility index (Phi) is 2.82. The Morgan fingerprint density at radius 2 is 1.80 bits per heavy atom. The summed E-state index contributed by atoms with van der Waals surface area (Å²) in [6.45, 7) is 0. The number of methoxy groups -OCH3 is 2. The molecule has 1 aromatic heterocycles. The van der Waals surface area contributed by atoms with Gasteiger partial charge in [-0.3, -0.25) is 0 Å². The summed E-state index contributed by atoms with van der Waals surface area (Å²) in [5.74, 6) is -1.06. The van der Waals surface area contributed by atoms with Crippen LogP contribution >= 0.6 is 0 Å². The van der Waals surface area contributed by atoms with E-state index in [1.807, 2.05) is 28.8 Å². The minimum Gasteiger partial charge on any atom is -0.465 e. The van der Waals surface area contributed by atoms with Gasteiger partial charge in [0.25, 0.3) is 0 Å². The van der Waals surface area contributed by atoms with Crippen molar-refractivity contribution in [2.45, 2.75) is 6.42 Å². The van der Waals surface area contributed by atoms with Crippen LogP contribution in [0, 0.1) is 0 Å². The minimum absolute atomic E-state index is 0.240. The van der Waals surface area contributed by atoms with Crippen molar-refractivity contribution in [2.75, 3.05) is 14.2 Å². The number of rotatable bonds is 2. The highest BCUT2D eigenvalue weighted by atomic mass is 16.5. The highest BCUT2D eigenvalue weighted by molar-refractivity contribution is 6.04. The number of hydrogen-bond donors (Lipinski definition) is 0. The van der Waals surface area contributed by atoms with Gasteiger partial charge in [0.15, 0.2) is 0 Å². The van der Waals surface area contributed by atoms with Crippen LogP contribution in [0.5, 0.6) is 0 Å². The van der Waals surface area contributed by atoms with Crippen molar-refractivity contribution in [3.8, 4) is 5.69 Å². The third kappa shape index (κ3) is 1.63. The molecule has 0 fully saturated rings. The number of carbonyl (C=O) groups excluding carboxylic acids is 2. The van der Waals surface area contributed by atoms with Gasteiger partial charge in [-0.2, -0.15) is 0 Å². The smallest absolute Gasteiger partial charge is 0.340 e. The maximum absolute atomic E-state index is 12.0. The van der Waals surface area contributed by atoms with E-state index in [1.54, 1.807) is 6.20 Å². The molecular formula is C15H13NO4. The first-order valence-corrected chi connectivity index (χ1v) is 6.16. The normalized spacial score (nSPS) is 11.7. The van der Waals surface area contributed by atoms with E-state index < -0.39 is 11.9 Å². The monoisotopic (exact) mass is 271 g/mol. The van der Waals surface area contributed by atoms with E-state index in [4.69, 9.17) is 9.47 Å². The van der Waals surface area contributed by atoms with Crippen molar-refractivity contribution < 1.29 is 19.1 Å². The molecule has 0 amide bonds. The molecule has 1 aromatic carbocycles. The van der Waals surface area contributed by atoms with Gasteiger partial charge >= 0.3 is 11.9 Å². The molecule has 20 heavy (non-hydrogen) atoms. The number of nitrogens with zero attached hydrogens (tertiary/aromatic N) is 1. The van der Waals surface area contributed by atoms with Crippen molar-refractivity contribution in [1.82, 2.24) is 4.57 Å². The number of ether oxygens (including phenoxy) is 2. The lowest BCUT2D eigenvalue weighted by atomic mass is 10.1. The molecule has 2 heterocycles. The van der Waals surface area contributed by atoms with E-state index in [0.29, 0.717) is 6.42 Å². The number of carbonyl (C=O) groups is 2. The molecule has 5 heteroatoms. The average molecular weight is 271 g/mol. The van der Waals surface area contributed by atoms with Gasteiger partial charge in [0.2, 0.25) is 0 Å². The van der Waals surface area contributed by atoms with Crippen LogP contribution in [-0.4, -0.2) is 30.7 Å². The summed E-state index contributed by atoms with van der Waals surface area (Å²) in [5, 5.41) is 0. The van der Waals surface area contributed by atoms with E-state index in [9.17, 15) is 9.59 Å². The summed E-state index contributed by atoms with van der Waals surface area (Å²) in [6.07, 6.45) is 2.23. The largest absolute Gasteiger partial charge is 0.465 e. The summed E-state index contributed by atoms with van der Waals surface area (Å²) < 4.78 is 11.4. The minimum atomic E-state index is -0.537. The Balaban J connectivity index is 2.23. The molecule has 0 saturated carbocycles. The highest BCUT2D eigenvalue weighted by Gasteiger charge is 2.31. The molecule has 5 nitrogen and oxygen atoms in total. The molecule has 102 valence electrons. The van der Waals surface area contributed by atoms with E-state index in [2.05, 4.69) is 0 Å². The topological polar surface area (TPSA) is 57.5 Å². The third-order valence-electron chi connectivity index (χ3n) is 3.51. The lowest BCUT2D eigenvalue weighted by Gasteiger charge is -2.03. The van der Waals surface area contributed by atoms with Gasteiger partial charge in [-0.25, -0.2) is 9.59 Å². The van der Waals surface area contributed by atoms with Gasteiger partial charge in [0, 0.05) is 24.0 Å². The van der Waals surface area contributed by atoms with Crippen molar-refractivity contribution in [3.05, 3.63) is 52.8 Å². The molecule has 0 radical (unpaired) electrons. The zero-order valence-electron chi connectivity index (χ0n) is 11.2. The summed E-state index contributed by atoms with van der Waals surface area (Å²) in [4.78, 5) is 23.8. The van der Waals surface area contributed by atoms with E-state index >= 15 is 0 Å². The lowest BCUT2D eigenvalue weighted by Crippen LogP contribution is -2.11. The van der Waals surface area contributed by atoms with Crippen LogP contribution in [0.3, 0.4) is 0 Å². The number of esters is 2. The van der Waals surface area contributed by atoms with Crippen molar-refractivity contribution in [3.63, 3.8) is 0 Å². The zero-order chi connectivity index (χ0) is 14.3. The van der Waals surface area contributed by atoms with Gasteiger partial charge in [0.1, 0.15) is 0 Å². The number of para-hydroxylation sites is 1. The Morgan fingerprint density at radius 1 is 1.10 bits per heavy atom. The maximum atomic E-state index is 12.0. The molecule has 3 rings (SSSR count). The van der Waals surface area contributed by atoms with E-state index in [0.717, 1.165) is 16.9 Å². The molecule has 0 N–H and O–H groups in total. The summed E-state index contributed by atoms with van der Waals surface area (Å²) in [6, 6.07) is 7.82. The molecule has 1 aliphatic heterocycles. The van der Waals surface area contributed by atoms with Gasteiger partial charge < -0.3 is 14.0 Å². The van der Waals surface area contributed by atoms with Crippen LogP contribution in [0.1, 0.15) is 32.0 Å². The van der Waals surface area contributed by atoms with Crippen molar-refractivity contribution in [1.29, 1.82) is 0 Å². The average Bonchev–Trinajstić information content (AvgIpc) is 3.01. The van der Waals surface area contributed by atoms with Crippen LogP contribution in [0.4, 0.5) is 0 Å². The first kappa shape index (κ1) is 12.5.